The lowest BCUT2D eigenvalue weighted by atomic mass is 10.2. The zero-order valence-corrected chi connectivity index (χ0v) is 19.6. The number of benzene rings is 3. The van der Waals surface area contributed by atoms with Crippen molar-refractivity contribution in [2.45, 2.75) is 31.3 Å². The van der Waals surface area contributed by atoms with Gasteiger partial charge < -0.3 is 5.32 Å². The van der Waals surface area contributed by atoms with Gasteiger partial charge in [-0.15, -0.1) is 10.2 Å². The lowest BCUT2D eigenvalue weighted by molar-refractivity contribution is -0.384. The van der Waals surface area contributed by atoms with Crippen LogP contribution in [0.5, 0.6) is 0 Å². The molecule has 0 saturated heterocycles. The van der Waals surface area contributed by atoms with Crippen molar-refractivity contribution in [2.24, 2.45) is 0 Å². The van der Waals surface area contributed by atoms with Crippen LogP contribution in [0.25, 0.3) is 5.69 Å². The third-order valence-electron chi connectivity index (χ3n) is 5.19. The van der Waals surface area contributed by atoms with Crippen LogP contribution in [0, 0.1) is 24.0 Å². The summed E-state index contributed by atoms with van der Waals surface area (Å²) in [5.74, 6) is 0.981. The monoisotopic (exact) mass is 473 g/mol. The molecule has 9 heteroatoms. The number of amides is 1. The smallest absolute Gasteiger partial charge is 0.269 e. The number of aryl methyl sites for hydroxylation is 2. The highest BCUT2D eigenvalue weighted by Crippen LogP contribution is 2.26. The molecule has 0 unspecified atom stereocenters. The molecule has 1 heterocycles. The van der Waals surface area contributed by atoms with Crippen LogP contribution in [0.1, 0.15) is 32.9 Å². The van der Waals surface area contributed by atoms with Gasteiger partial charge in [0.1, 0.15) is 0 Å². The van der Waals surface area contributed by atoms with Crippen molar-refractivity contribution in [1.82, 2.24) is 20.1 Å². The average molecular weight is 474 g/mol. The van der Waals surface area contributed by atoms with Gasteiger partial charge in [0, 0.05) is 29.1 Å². The third kappa shape index (κ3) is 5.49. The Hall–Kier alpha value is -3.98. The minimum atomic E-state index is -0.498. The van der Waals surface area contributed by atoms with Crippen molar-refractivity contribution in [3.63, 3.8) is 0 Å². The summed E-state index contributed by atoms with van der Waals surface area (Å²) in [7, 11) is 0. The topological polar surface area (TPSA) is 103 Å². The van der Waals surface area contributed by atoms with Crippen LogP contribution in [0.4, 0.5) is 5.69 Å². The van der Waals surface area contributed by atoms with E-state index in [1.807, 2.05) is 41.8 Å². The Morgan fingerprint density at radius 3 is 2.41 bits per heavy atom. The highest BCUT2D eigenvalue weighted by atomic mass is 32.2. The van der Waals surface area contributed by atoms with Crippen LogP contribution in [-0.4, -0.2) is 25.6 Å². The number of nitro groups is 1. The van der Waals surface area contributed by atoms with Crippen molar-refractivity contribution in [1.29, 1.82) is 0 Å². The molecule has 0 atom stereocenters. The van der Waals surface area contributed by atoms with Gasteiger partial charge in [-0.25, -0.2) is 0 Å². The summed E-state index contributed by atoms with van der Waals surface area (Å²) < 4.78 is 1.94. The predicted molar refractivity (Wildman–Crippen MR) is 131 cm³/mol. The first-order chi connectivity index (χ1) is 16.4. The number of thioether (sulfide) groups is 1. The van der Waals surface area contributed by atoms with Crippen LogP contribution >= 0.6 is 11.8 Å². The molecule has 0 aliphatic carbocycles. The van der Waals surface area contributed by atoms with E-state index in [-0.39, 0.29) is 18.1 Å². The SMILES string of the molecule is Cc1ccc(-n2c(CNC(=O)c3ccc([N+](=O)[O-])cc3)nnc2SCc2cccc(C)c2)cc1. The molecule has 0 radical (unpaired) electrons. The van der Waals surface area contributed by atoms with Crippen molar-refractivity contribution in [3.8, 4) is 5.69 Å². The predicted octanol–water partition coefficient (Wildman–Crippen LogP) is 5.01. The summed E-state index contributed by atoms with van der Waals surface area (Å²) in [6.07, 6.45) is 0. The fourth-order valence-corrected chi connectivity index (χ4v) is 4.32. The largest absolute Gasteiger partial charge is 0.345 e. The fraction of sp³-hybridized carbons (Fsp3) is 0.160. The van der Waals surface area contributed by atoms with Crippen molar-refractivity contribution >= 4 is 23.4 Å². The molecule has 34 heavy (non-hydrogen) atoms. The molecule has 1 amide bonds. The number of rotatable bonds is 8. The maximum atomic E-state index is 12.6. The van der Waals surface area contributed by atoms with Crippen LogP contribution in [0.15, 0.2) is 78.0 Å². The van der Waals surface area contributed by atoms with E-state index in [1.54, 1.807) is 11.8 Å². The number of nitrogens with one attached hydrogen (secondary N) is 1. The summed E-state index contributed by atoms with van der Waals surface area (Å²) in [6.45, 7) is 4.24. The Morgan fingerprint density at radius 1 is 1.00 bits per heavy atom. The molecule has 1 N–H and O–H groups in total. The van der Waals surface area contributed by atoms with Gasteiger partial charge in [0.25, 0.3) is 11.6 Å². The summed E-state index contributed by atoms with van der Waals surface area (Å²) in [5, 5.41) is 23.1. The Labute approximate surface area is 201 Å². The average Bonchev–Trinajstić information content (AvgIpc) is 3.24. The number of aromatic nitrogens is 3. The van der Waals surface area contributed by atoms with Gasteiger partial charge in [-0.2, -0.15) is 0 Å². The molecular weight excluding hydrogens is 450 g/mol. The molecule has 4 aromatic rings. The second kappa shape index (κ2) is 10.3. The maximum Gasteiger partial charge on any atom is 0.269 e. The minimum absolute atomic E-state index is 0.0639. The number of hydrogen-bond donors (Lipinski definition) is 1. The van der Waals surface area contributed by atoms with Crippen molar-refractivity contribution in [2.75, 3.05) is 0 Å². The van der Waals surface area contributed by atoms with Gasteiger partial charge in [-0.05, 0) is 43.7 Å². The molecule has 0 saturated carbocycles. The fourth-order valence-electron chi connectivity index (χ4n) is 3.41. The first-order valence-corrected chi connectivity index (χ1v) is 11.6. The van der Waals surface area contributed by atoms with E-state index in [1.165, 1.54) is 35.4 Å². The van der Waals surface area contributed by atoms with Gasteiger partial charge in [-0.3, -0.25) is 19.5 Å². The van der Waals surface area contributed by atoms with Gasteiger partial charge in [0.05, 0.1) is 11.5 Å². The quantitative estimate of drug-likeness (QED) is 0.219. The van der Waals surface area contributed by atoms with E-state index in [9.17, 15) is 14.9 Å². The number of nitrogens with zero attached hydrogens (tertiary/aromatic N) is 4. The molecule has 0 aliphatic heterocycles. The molecule has 1 aromatic heterocycles. The molecule has 172 valence electrons. The van der Waals surface area contributed by atoms with Gasteiger partial charge >= 0.3 is 0 Å². The lowest BCUT2D eigenvalue weighted by Crippen LogP contribution is -2.24. The minimum Gasteiger partial charge on any atom is -0.345 e. The summed E-state index contributed by atoms with van der Waals surface area (Å²) in [6, 6.07) is 21.8. The van der Waals surface area contributed by atoms with Gasteiger partial charge in [0.2, 0.25) is 0 Å². The molecule has 8 nitrogen and oxygen atoms in total. The molecule has 0 bridgehead atoms. The molecule has 4 rings (SSSR count). The van der Waals surface area contributed by atoms with E-state index in [4.69, 9.17) is 0 Å². The molecule has 3 aromatic carbocycles. The highest BCUT2D eigenvalue weighted by Gasteiger charge is 2.16. The zero-order valence-electron chi connectivity index (χ0n) is 18.8. The maximum absolute atomic E-state index is 12.6. The third-order valence-corrected chi connectivity index (χ3v) is 6.19. The zero-order chi connectivity index (χ0) is 24.1. The van der Waals surface area contributed by atoms with E-state index in [2.05, 4.69) is 40.6 Å². The Balaban J connectivity index is 1.54. The second-order valence-corrected chi connectivity index (χ2v) is 8.78. The molecular formula is C25H23N5O3S. The van der Waals surface area contributed by atoms with Gasteiger partial charge in [0.15, 0.2) is 11.0 Å². The highest BCUT2D eigenvalue weighted by molar-refractivity contribution is 7.98. The number of carbonyl (C=O) groups is 1. The Morgan fingerprint density at radius 2 is 1.74 bits per heavy atom. The number of carbonyl (C=O) groups excluding carboxylic acids is 1. The number of nitro benzene ring substituents is 1. The second-order valence-electron chi connectivity index (χ2n) is 7.83. The normalized spacial score (nSPS) is 10.8. The standard InChI is InChI=1S/C25H23N5O3S/c1-17-6-10-21(11-7-17)29-23(15-26-24(31)20-8-12-22(13-9-20)30(32)33)27-28-25(29)34-16-19-5-3-4-18(2)14-19/h3-14H,15-16H2,1-2H3,(H,26,31). The summed E-state index contributed by atoms with van der Waals surface area (Å²) >= 11 is 1.58. The summed E-state index contributed by atoms with van der Waals surface area (Å²) in [4.78, 5) is 22.9. The summed E-state index contributed by atoms with van der Waals surface area (Å²) in [5.41, 5.74) is 4.71. The van der Waals surface area contributed by atoms with Crippen molar-refractivity contribution in [3.05, 3.63) is 111 Å². The van der Waals surface area contributed by atoms with E-state index in [0.717, 1.165) is 22.2 Å². The first-order valence-electron chi connectivity index (χ1n) is 10.6. The van der Waals surface area contributed by atoms with Crippen LogP contribution in [-0.2, 0) is 12.3 Å². The van der Waals surface area contributed by atoms with E-state index >= 15 is 0 Å². The number of hydrogen-bond acceptors (Lipinski definition) is 6. The van der Waals surface area contributed by atoms with Crippen molar-refractivity contribution < 1.29 is 9.72 Å². The lowest BCUT2D eigenvalue weighted by Gasteiger charge is -2.11. The molecule has 0 spiro atoms. The van der Waals surface area contributed by atoms with Crippen LogP contribution in [0.2, 0.25) is 0 Å². The molecule has 0 fully saturated rings. The molecule has 0 aliphatic rings. The van der Waals surface area contributed by atoms with Crippen LogP contribution < -0.4 is 5.32 Å². The number of non-ortho nitro benzene ring substituents is 1. The Bertz CT molecular complexity index is 1320. The first kappa shape index (κ1) is 23.2. The van der Waals surface area contributed by atoms with Gasteiger partial charge in [-0.1, -0.05) is 59.3 Å². The van der Waals surface area contributed by atoms with Crippen LogP contribution in [0.3, 0.4) is 0 Å². The van der Waals surface area contributed by atoms with E-state index in [0.29, 0.717) is 11.4 Å². The Kier molecular flexibility index (Phi) is 7.03. The van der Waals surface area contributed by atoms with E-state index < -0.39 is 4.92 Å².